The first kappa shape index (κ1) is 23.8. The summed E-state index contributed by atoms with van der Waals surface area (Å²) in [5, 5.41) is 3.40. The molecule has 1 aliphatic rings. The van der Waals surface area contributed by atoms with Gasteiger partial charge in [0.15, 0.2) is 15.7 Å². The standard InChI is InChI=1S/C24H19F3N4O4S/c25-16-10-28-24(29-11-16)31-12-20(14-2-1-3-18(8-14)35-23(26)27)19-5-4-15(9-21(19)31)22(32)30-17-6-7-36(33,34)13-17/h1-5,8-12,17,23H,6-7,13H2,(H,30,32). The number of carbonyl (C=O) groups excluding carboxylic acids is 1. The van der Waals surface area contributed by atoms with E-state index in [0.717, 1.165) is 12.4 Å². The van der Waals surface area contributed by atoms with E-state index in [9.17, 15) is 26.4 Å². The second kappa shape index (κ2) is 9.26. The predicted octanol–water partition coefficient (Wildman–Crippen LogP) is 3.74. The summed E-state index contributed by atoms with van der Waals surface area (Å²) >= 11 is 0. The minimum absolute atomic E-state index is 0.0241. The number of ether oxygens (including phenoxy) is 1. The summed E-state index contributed by atoms with van der Waals surface area (Å²) in [5.74, 6) is -1.04. The van der Waals surface area contributed by atoms with Crippen LogP contribution in [0.5, 0.6) is 5.75 Å². The number of hydrogen-bond donors (Lipinski definition) is 1. The van der Waals surface area contributed by atoms with E-state index in [4.69, 9.17) is 0 Å². The van der Waals surface area contributed by atoms with Gasteiger partial charge in [0.2, 0.25) is 5.95 Å². The van der Waals surface area contributed by atoms with Crippen molar-refractivity contribution in [2.24, 2.45) is 0 Å². The Bertz CT molecular complexity index is 1560. The Kier molecular flexibility index (Phi) is 6.12. The molecule has 1 unspecified atom stereocenters. The average Bonchev–Trinajstić information content (AvgIpc) is 3.38. The van der Waals surface area contributed by atoms with Gasteiger partial charge in [-0.2, -0.15) is 8.78 Å². The van der Waals surface area contributed by atoms with Gasteiger partial charge in [-0.1, -0.05) is 18.2 Å². The molecule has 0 radical (unpaired) electrons. The van der Waals surface area contributed by atoms with Gasteiger partial charge >= 0.3 is 6.61 Å². The minimum atomic E-state index is -3.17. The van der Waals surface area contributed by atoms with Crippen LogP contribution in [0.25, 0.3) is 28.0 Å². The molecule has 1 amide bonds. The van der Waals surface area contributed by atoms with Gasteiger partial charge in [-0.25, -0.2) is 22.8 Å². The molecule has 8 nitrogen and oxygen atoms in total. The molecule has 36 heavy (non-hydrogen) atoms. The molecule has 0 saturated carbocycles. The lowest BCUT2D eigenvalue weighted by molar-refractivity contribution is -0.0498. The van der Waals surface area contributed by atoms with Crippen molar-refractivity contribution in [3.05, 3.63) is 72.4 Å². The Morgan fingerprint density at radius 2 is 1.92 bits per heavy atom. The number of halogens is 3. The quantitative estimate of drug-likeness (QED) is 0.419. The Hall–Kier alpha value is -3.93. The highest BCUT2D eigenvalue weighted by Gasteiger charge is 2.29. The SMILES string of the molecule is O=C(NC1CCS(=O)(=O)C1)c1ccc2c(-c3cccc(OC(F)F)c3)cn(-c3ncc(F)cn3)c2c1. The normalized spacial score (nSPS) is 16.9. The molecule has 4 aromatic rings. The summed E-state index contributed by atoms with van der Waals surface area (Å²) in [6, 6.07) is 10.5. The van der Waals surface area contributed by atoms with Gasteiger partial charge in [0.25, 0.3) is 5.91 Å². The van der Waals surface area contributed by atoms with Crippen LogP contribution in [-0.2, 0) is 9.84 Å². The molecule has 3 heterocycles. The molecule has 1 atom stereocenters. The third-order valence-electron chi connectivity index (χ3n) is 5.83. The molecule has 1 fully saturated rings. The van der Waals surface area contributed by atoms with E-state index in [-0.39, 0.29) is 28.8 Å². The summed E-state index contributed by atoms with van der Waals surface area (Å²) in [6.45, 7) is -2.98. The van der Waals surface area contributed by atoms with Gasteiger partial charge < -0.3 is 10.1 Å². The molecule has 2 aromatic heterocycles. The van der Waals surface area contributed by atoms with Crippen LogP contribution < -0.4 is 10.1 Å². The van der Waals surface area contributed by atoms with Gasteiger partial charge in [-0.15, -0.1) is 0 Å². The lowest BCUT2D eigenvalue weighted by Gasteiger charge is -2.11. The van der Waals surface area contributed by atoms with E-state index in [2.05, 4.69) is 20.0 Å². The van der Waals surface area contributed by atoms with Crippen molar-refractivity contribution in [2.45, 2.75) is 19.1 Å². The summed E-state index contributed by atoms with van der Waals surface area (Å²) in [4.78, 5) is 20.9. The van der Waals surface area contributed by atoms with Gasteiger partial charge in [-0.3, -0.25) is 9.36 Å². The molecule has 1 saturated heterocycles. The van der Waals surface area contributed by atoms with Gasteiger partial charge in [0, 0.05) is 28.8 Å². The summed E-state index contributed by atoms with van der Waals surface area (Å²) in [6.07, 6.45) is 4.01. The van der Waals surface area contributed by atoms with Gasteiger partial charge in [0.1, 0.15) is 5.75 Å². The summed E-state index contributed by atoms with van der Waals surface area (Å²) < 4.78 is 68.5. The number of carbonyl (C=O) groups is 1. The van der Waals surface area contributed by atoms with Crippen LogP contribution in [-0.4, -0.2) is 53.0 Å². The number of hydrogen-bond acceptors (Lipinski definition) is 6. The lowest BCUT2D eigenvalue weighted by Crippen LogP contribution is -2.35. The smallest absolute Gasteiger partial charge is 0.387 e. The van der Waals surface area contributed by atoms with Gasteiger partial charge in [-0.05, 0) is 36.2 Å². The minimum Gasteiger partial charge on any atom is -0.435 e. The maximum absolute atomic E-state index is 13.4. The number of benzene rings is 2. The van der Waals surface area contributed by atoms with E-state index in [1.807, 2.05) is 0 Å². The van der Waals surface area contributed by atoms with Crippen LogP contribution in [0, 0.1) is 5.82 Å². The molecule has 1 aliphatic heterocycles. The molecule has 0 bridgehead atoms. The van der Waals surface area contributed by atoms with Crippen LogP contribution in [0.1, 0.15) is 16.8 Å². The molecule has 1 N–H and O–H groups in total. The molecular formula is C24H19F3N4O4S. The van der Waals surface area contributed by atoms with Crippen LogP contribution >= 0.6 is 0 Å². The predicted molar refractivity (Wildman–Crippen MR) is 125 cm³/mol. The maximum atomic E-state index is 13.4. The Balaban J connectivity index is 1.58. The molecular weight excluding hydrogens is 497 g/mol. The Morgan fingerprint density at radius 3 is 2.61 bits per heavy atom. The van der Waals surface area contributed by atoms with Crippen molar-refractivity contribution < 1.29 is 31.1 Å². The zero-order chi connectivity index (χ0) is 25.4. The fourth-order valence-electron chi connectivity index (χ4n) is 4.21. The van der Waals surface area contributed by atoms with E-state index in [1.165, 1.54) is 12.1 Å². The highest BCUT2D eigenvalue weighted by Crippen LogP contribution is 2.34. The van der Waals surface area contributed by atoms with Crippen molar-refractivity contribution in [3.63, 3.8) is 0 Å². The largest absolute Gasteiger partial charge is 0.435 e. The molecule has 5 rings (SSSR count). The van der Waals surface area contributed by atoms with E-state index in [1.54, 1.807) is 41.1 Å². The molecule has 0 spiro atoms. The van der Waals surface area contributed by atoms with Crippen molar-refractivity contribution in [3.8, 4) is 22.8 Å². The van der Waals surface area contributed by atoms with Crippen molar-refractivity contribution in [1.82, 2.24) is 19.9 Å². The zero-order valence-electron chi connectivity index (χ0n) is 18.6. The first-order valence-electron chi connectivity index (χ1n) is 10.9. The fraction of sp³-hybridized carbons (Fsp3) is 0.208. The number of aromatic nitrogens is 3. The average molecular weight is 517 g/mol. The van der Waals surface area contributed by atoms with Gasteiger partial charge in [0.05, 0.1) is 29.4 Å². The number of nitrogens with one attached hydrogen (secondary N) is 1. The Morgan fingerprint density at radius 1 is 1.14 bits per heavy atom. The van der Waals surface area contributed by atoms with Crippen molar-refractivity contribution in [2.75, 3.05) is 11.5 Å². The highest BCUT2D eigenvalue weighted by atomic mass is 32.2. The molecule has 12 heteroatoms. The lowest BCUT2D eigenvalue weighted by atomic mass is 10.0. The third-order valence-corrected chi connectivity index (χ3v) is 7.60. The number of sulfone groups is 1. The second-order valence-electron chi connectivity index (χ2n) is 8.33. The topological polar surface area (TPSA) is 103 Å². The summed E-state index contributed by atoms with van der Waals surface area (Å²) in [7, 11) is -3.17. The maximum Gasteiger partial charge on any atom is 0.387 e. The Labute approximate surface area is 203 Å². The van der Waals surface area contributed by atoms with Crippen molar-refractivity contribution in [1.29, 1.82) is 0 Å². The number of nitrogens with zero attached hydrogens (tertiary/aromatic N) is 3. The number of amides is 1. The van der Waals surface area contributed by atoms with Crippen LogP contribution in [0.15, 0.2) is 61.1 Å². The van der Waals surface area contributed by atoms with Crippen molar-refractivity contribution >= 4 is 26.6 Å². The highest BCUT2D eigenvalue weighted by molar-refractivity contribution is 7.91. The zero-order valence-corrected chi connectivity index (χ0v) is 19.4. The fourth-order valence-corrected chi connectivity index (χ4v) is 5.88. The first-order valence-corrected chi connectivity index (χ1v) is 12.7. The van der Waals surface area contributed by atoms with E-state index in [0.29, 0.717) is 28.5 Å². The number of fused-ring (bicyclic) bond motifs is 1. The number of rotatable bonds is 6. The molecule has 2 aromatic carbocycles. The number of alkyl halides is 2. The summed E-state index contributed by atoms with van der Waals surface area (Å²) in [5.41, 5.74) is 1.96. The second-order valence-corrected chi connectivity index (χ2v) is 10.6. The van der Waals surface area contributed by atoms with Crippen LogP contribution in [0.3, 0.4) is 0 Å². The monoisotopic (exact) mass is 516 g/mol. The third kappa shape index (κ3) is 4.89. The van der Waals surface area contributed by atoms with Crippen LogP contribution in [0.4, 0.5) is 13.2 Å². The van der Waals surface area contributed by atoms with Crippen LogP contribution in [0.2, 0.25) is 0 Å². The van der Waals surface area contributed by atoms with E-state index >= 15 is 0 Å². The molecule has 0 aliphatic carbocycles. The van der Waals surface area contributed by atoms with E-state index < -0.39 is 34.2 Å². The first-order chi connectivity index (χ1) is 17.2. The molecule has 186 valence electrons.